The van der Waals surface area contributed by atoms with E-state index in [1.807, 2.05) is 38.1 Å². The van der Waals surface area contributed by atoms with Crippen LogP contribution < -0.4 is 10.1 Å². The zero-order chi connectivity index (χ0) is 20.3. The summed E-state index contributed by atoms with van der Waals surface area (Å²) in [5.41, 5.74) is 0.321. The summed E-state index contributed by atoms with van der Waals surface area (Å²) in [7, 11) is 1.65. The van der Waals surface area contributed by atoms with Gasteiger partial charge in [-0.3, -0.25) is 14.5 Å². The van der Waals surface area contributed by atoms with Crippen molar-refractivity contribution < 1.29 is 19.1 Å². The Hall–Kier alpha value is -2.57. The number of rotatable bonds is 6. The second-order valence-corrected chi connectivity index (χ2v) is 7.92. The molecule has 3 rings (SSSR count). The largest absolute Gasteiger partial charge is 0.492 e. The first-order chi connectivity index (χ1) is 13.3. The number of amides is 4. The first-order valence-electron chi connectivity index (χ1n) is 9.91. The Morgan fingerprint density at radius 3 is 2.68 bits per heavy atom. The van der Waals surface area contributed by atoms with Crippen LogP contribution in [0.5, 0.6) is 5.75 Å². The number of aryl methyl sites for hydroxylation is 1. The minimum absolute atomic E-state index is 0.0819. The molecule has 2 aliphatic rings. The van der Waals surface area contributed by atoms with Crippen LogP contribution in [-0.2, 0) is 9.59 Å². The van der Waals surface area contributed by atoms with Gasteiger partial charge in [0.05, 0.1) is 6.54 Å². The molecule has 152 valence electrons. The van der Waals surface area contributed by atoms with Crippen LogP contribution in [0.4, 0.5) is 4.79 Å². The molecule has 1 aromatic rings. The van der Waals surface area contributed by atoms with Crippen molar-refractivity contribution >= 4 is 17.8 Å². The van der Waals surface area contributed by atoms with Crippen LogP contribution in [0.2, 0.25) is 0 Å². The highest BCUT2D eigenvalue weighted by Gasteiger charge is 2.55. The first kappa shape index (κ1) is 20.2. The smallest absolute Gasteiger partial charge is 0.325 e. The Morgan fingerprint density at radius 1 is 1.29 bits per heavy atom. The van der Waals surface area contributed by atoms with E-state index in [0.29, 0.717) is 19.6 Å². The third kappa shape index (κ3) is 3.98. The molecule has 1 spiro atoms. The van der Waals surface area contributed by atoms with Crippen molar-refractivity contribution in [2.75, 3.05) is 26.7 Å². The number of nitrogens with zero attached hydrogens (tertiary/aromatic N) is 2. The molecule has 2 atom stereocenters. The van der Waals surface area contributed by atoms with E-state index in [-0.39, 0.29) is 24.3 Å². The number of carbonyl (C=O) groups is 3. The molecule has 7 heteroatoms. The molecule has 1 heterocycles. The molecule has 1 saturated heterocycles. The number of ether oxygens (including phenoxy) is 1. The molecule has 1 N–H and O–H groups in total. The highest BCUT2D eigenvalue weighted by molar-refractivity contribution is 6.09. The maximum absolute atomic E-state index is 12.9. The van der Waals surface area contributed by atoms with Crippen LogP contribution >= 0.6 is 0 Å². The van der Waals surface area contributed by atoms with Gasteiger partial charge in [-0.15, -0.1) is 0 Å². The second kappa shape index (κ2) is 8.20. The lowest BCUT2D eigenvalue weighted by Crippen LogP contribution is -2.54. The van der Waals surface area contributed by atoms with Gasteiger partial charge in [-0.1, -0.05) is 37.5 Å². The monoisotopic (exact) mass is 387 g/mol. The van der Waals surface area contributed by atoms with Crippen molar-refractivity contribution in [3.63, 3.8) is 0 Å². The third-order valence-electron chi connectivity index (χ3n) is 5.94. The molecule has 0 aromatic heterocycles. The van der Waals surface area contributed by atoms with Crippen molar-refractivity contribution in [1.29, 1.82) is 0 Å². The molecular weight excluding hydrogens is 358 g/mol. The average Bonchev–Trinajstić information content (AvgIpc) is 2.90. The van der Waals surface area contributed by atoms with Gasteiger partial charge >= 0.3 is 6.03 Å². The molecule has 2 unspecified atom stereocenters. The molecule has 0 bridgehead atoms. The zero-order valence-corrected chi connectivity index (χ0v) is 16.9. The van der Waals surface area contributed by atoms with E-state index in [9.17, 15) is 14.4 Å². The number of hydrogen-bond acceptors (Lipinski definition) is 4. The third-order valence-corrected chi connectivity index (χ3v) is 5.94. The number of imide groups is 1. The summed E-state index contributed by atoms with van der Waals surface area (Å²) in [6.45, 7) is 4.48. The van der Waals surface area contributed by atoms with Gasteiger partial charge in [0, 0.05) is 7.05 Å². The quantitative estimate of drug-likeness (QED) is 0.760. The van der Waals surface area contributed by atoms with E-state index in [0.717, 1.165) is 35.5 Å². The van der Waals surface area contributed by atoms with Gasteiger partial charge in [0.15, 0.2) is 0 Å². The Labute approximate surface area is 166 Å². The molecule has 2 fully saturated rings. The van der Waals surface area contributed by atoms with Crippen molar-refractivity contribution in [2.45, 2.75) is 45.1 Å². The van der Waals surface area contributed by atoms with Crippen LogP contribution in [0.1, 0.15) is 38.2 Å². The van der Waals surface area contributed by atoms with E-state index in [2.05, 4.69) is 5.32 Å². The lowest BCUT2D eigenvalue weighted by Gasteiger charge is -2.36. The molecule has 0 radical (unpaired) electrons. The van der Waals surface area contributed by atoms with Gasteiger partial charge in [-0.05, 0) is 37.8 Å². The van der Waals surface area contributed by atoms with Crippen molar-refractivity contribution in [1.82, 2.24) is 15.1 Å². The summed E-state index contributed by atoms with van der Waals surface area (Å²) in [5, 5.41) is 2.87. The lowest BCUT2D eigenvalue weighted by molar-refractivity contribution is -0.140. The maximum Gasteiger partial charge on any atom is 0.325 e. The van der Waals surface area contributed by atoms with E-state index < -0.39 is 11.6 Å². The molecule has 7 nitrogen and oxygen atoms in total. The number of likely N-dealkylation sites (N-methyl/N-ethyl adjacent to an activating group) is 1. The molecular formula is C21H29N3O4. The zero-order valence-electron chi connectivity index (χ0n) is 16.9. The van der Waals surface area contributed by atoms with E-state index in [1.165, 1.54) is 4.90 Å². The highest BCUT2D eigenvalue weighted by atomic mass is 16.5. The van der Waals surface area contributed by atoms with Crippen LogP contribution in [0.15, 0.2) is 24.3 Å². The SMILES string of the molecule is Cc1ccc(OCCN(C)C(=O)CN2C(=O)NC3(CCCCC3C)C2=O)cc1. The second-order valence-electron chi connectivity index (χ2n) is 7.92. The van der Waals surface area contributed by atoms with Gasteiger partial charge in [0.2, 0.25) is 5.91 Å². The number of carbonyl (C=O) groups excluding carboxylic acids is 3. The molecule has 1 aromatic carbocycles. The number of urea groups is 1. The van der Waals surface area contributed by atoms with Gasteiger partial charge in [-0.2, -0.15) is 0 Å². The summed E-state index contributed by atoms with van der Waals surface area (Å²) < 4.78 is 5.64. The summed E-state index contributed by atoms with van der Waals surface area (Å²) in [5.74, 6) is 0.283. The van der Waals surface area contributed by atoms with Crippen molar-refractivity contribution in [2.24, 2.45) is 5.92 Å². The Morgan fingerprint density at radius 2 is 2.00 bits per heavy atom. The van der Waals surface area contributed by atoms with Gasteiger partial charge in [0.25, 0.3) is 5.91 Å². The topological polar surface area (TPSA) is 79.0 Å². The molecule has 1 saturated carbocycles. The number of nitrogens with one attached hydrogen (secondary N) is 1. The molecule has 4 amide bonds. The maximum atomic E-state index is 12.9. The van der Waals surface area contributed by atoms with Crippen LogP contribution in [-0.4, -0.2) is 59.9 Å². The van der Waals surface area contributed by atoms with Crippen LogP contribution in [0.3, 0.4) is 0 Å². The highest BCUT2D eigenvalue weighted by Crippen LogP contribution is 2.38. The Kier molecular flexibility index (Phi) is 5.91. The van der Waals surface area contributed by atoms with E-state index in [1.54, 1.807) is 7.05 Å². The fourth-order valence-electron chi connectivity index (χ4n) is 3.95. The average molecular weight is 387 g/mol. The molecule has 1 aliphatic heterocycles. The summed E-state index contributed by atoms with van der Waals surface area (Å²) >= 11 is 0. The normalized spacial score (nSPS) is 24.4. The fraction of sp³-hybridized carbons (Fsp3) is 0.571. The lowest BCUT2D eigenvalue weighted by atomic mass is 9.73. The predicted octanol–water partition coefficient (Wildman–Crippen LogP) is 2.33. The molecule has 1 aliphatic carbocycles. The molecule has 28 heavy (non-hydrogen) atoms. The van der Waals surface area contributed by atoms with Crippen molar-refractivity contribution in [3.8, 4) is 5.75 Å². The number of hydrogen-bond donors (Lipinski definition) is 1. The minimum Gasteiger partial charge on any atom is -0.492 e. The Bertz CT molecular complexity index is 749. The van der Waals surface area contributed by atoms with E-state index in [4.69, 9.17) is 4.74 Å². The van der Waals surface area contributed by atoms with Gasteiger partial charge < -0.3 is 15.0 Å². The standard InChI is InChI=1S/C21H29N3O4/c1-15-7-9-17(10-8-15)28-13-12-23(3)18(25)14-24-19(26)21(22-20(24)27)11-5-4-6-16(21)2/h7-10,16H,4-6,11-14H2,1-3H3,(H,22,27). The van der Waals surface area contributed by atoms with E-state index >= 15 is 0 Å². The summed E-state index contributed by atoms with van der Waals surface area (Å²) in [4.78, 5) is 40.4. The predicted molar refractivity (Wildman–Crippen MR) is 105 cm³/mol. The summed E-state index contributed by atoms with van der Waals surface area (Å²) in [6, 6.07) is 7.23. The Balaban J connectivity index is 1.52. The minimum atomic E-state index is -0.831. The first-order valence-corrected chi connectivity index (χ1v) is 9.91. The van der Waals surface area contributed by atoms with Gasteiger partial charge in [0.1, 0.15) is 24.4 Å². The van der Waals surface area contributed by atoms with Gasteiger partial charge in [-0.25, -0.2) is 4.79 Å². The fourth-order valence-corrected chi connectivity index (χ4v) is 3.95. The van der Waals surface area contributed by atoms with Crippen LogP contribution in [0.25, 0.3) is 0 Å². The summed E-state index contributed by atoms with van der Waals surface area (Å²) in [6.07, 6.45) is 3.52. The van der Waals surface area contributed by atoms with Crippen molar-refractivity contribution in [3.05, 3.63) is 29.8 Å². The number of benzene rings is 1. The van der Waals surface area contributed by atoms with Crippen LogP contribution in [0, 0.1) is 12.8 Å².